The normalized spacial score (nSPS) is 28.8. The Hall–Kier alpha value is -0.630. The molecular weight excluding hydrogens is 238 g/mol. The highest BCUT2D eigenvalue weighted by Crippen LogP contribution is 2.27. The molecule has 0 amide bonds. The van der Waals surface area contributed by atoms with Crippen molar-refractivity contribution in [3.8, 4) is 6.07 Å². The van der Waals surface area contributed by atoms with Crippen LogP contribution in [0.3, 0.4) is 0 Å². The number of nitriles is 1. The Labute approximate surface area is 117 Å². The van der Waals surface area contributed by atoms with Crippen molar-refractivity contribution >= 4 is 0 Å². The number of hydrogen-bond acceptors (Lipinski definition) is 4. The van der Waals surface area contributed by atoms with Gasteiger partial charge in [-0.05, 0) is 52.0 Å². The highest BCUT2D eigenvalue weighted by molar-refractivity contribution is 5.08. The summed E-state index contributed by atoms with van der Waals surface area (Å²) in [5.74, 6) is 0.664. The van der Waals surface area contributed by atoms with Crippen LogP contribution in [0.5, 0.6) is 0 Å². The summed E-state index contributed by atoms with van der Waals surface area (Å²) in [6.07, 6.45) is 4.58. The van der Waals surface area contributed by atoms with Gasteiger partial charge in [-0.3, -0.25) is 5.32 Å². The maximum Gasteiger partial charge on any atom is 0.105 e. The molecule has 3 atom stereocenters. The van der Waals surface area contributed by atoms with E-state index in [4.69, 9.17) is 4.74 Å². The summed E-state index contributed by atoms with van der Waals surface area (Å²) >= 11 is 0. The standard InChI is InChI=1S/C15H27N3O/c1-12(18-7-6-13(9-18)10-19-3)8-15(2,11-16)17-14-4-5-14/h12-14,17H,4-10H2,1-3H3. The Bertz CT molecular complexity index is 337. The SMILES string of the molecule is COCC1CCN(C(C)CC(C)(C#N)NC2CC2)C1. The zero-order valence-corrected chi connectivity index (χ0v) is 12.5. The van der Waals surface area contributed by atoms with Gasteiger partial charge in [-0.25, -0.2) is 0 Å². The summed E-state index contributed by atoms with van der Waals surface area (Å²) in [6.45, 7) is 7.41. The Balaban J connectivity index is 1.82. The van der Waals surface area contributed by atoms with Crippen molar-refractivity contribution < 1.29 is 4.74 Å². The van der Waals surface area contributed by atoms with E-state index in [0.29, 0.717) is 18.0 Å². The highest BCUT2D eigenvalue weighted by Gasteiger charge is 2.36. The van der Waals surface area contributed by atoms with E-state index in [1.54, 1.807) is 7.11 Å². The van der Waals surface area contributed by atoms with Crippen molar-refractivity contribution in [1.29, 1.82) is 5.26 Å². The second kappa shape index (κ2) is 6.21. The predicted octanol–water partition coefficient (Wildman–Crippen LogP) is 1.77. The Morgan fingerprint density at radius 3 is 2.79 bits per heavy atom. The first-order valence-electron chi connectivity index (χ1n) is 7.48. The van der Waals surface area contributed by atoms with Gasteiger partial charge in [0.25, 0.3) is 0 Å². The second-order valence-corrected chi connectivity index (χ2v) is 6.52. The molecule has 0 aromatic rings. The fraction of sp³-hybridized carbons (Fsp3) is 0.933. The highest BCUT2D eigenvalue weighted by atomic mass is 16.5. The number of nitrogens with one attached hydrogen (secondary N) is 1. The van der Waals surface area contributed by atoms with Crippen LogP contribution in [0.15, 0.2) is 0 Å². The molecule has 1 aliphatic heterocycles. The fourth-order valence-corrected chi connectivity index (χ4v) is 3.17. The van der Waals surface area contributed by atoms with Gasteiger partial charge < -0.3 is 9.64 Å². The summed E-state index contributed by atoms with van der Waals surface area (Å²) in [5, 5.41) is 12.9. The zero-order chi connectivity index (χ0) is 13.9. The zero-order valence-electron chi connectivity index (χ0n) is 12.5. The minimum absolute atomic E-state index is 0.375. The minimum Gasteiger partial charge on any atom is -0.384 e. The number of likely N-dealkylation sites (tertiary alicyclic amines) is 1. The van der Waals surface area contributed by atoms with E-state index in [1.807, 2.05) is 6.92 Å². The van der Waals surface area contributed by atoms with Crippen molar-refractivity contribution in [3.63, 3.8) is 0 Å². The molecule has 4 heteroatoms. The average Bonchev–Trinajstić information content (AvgIpc) is 3.05. The lowest BCUT2D eigenvalue weighted by molar-refractivity contribution is 0.144. The molecule has 1 N–H and O–H groups in total. The molecule has 2 fully saturated rings. The summed E-state index contributed by atoms with van der Waals surface area (Å²) < 4.78 is 5.25. The average molecular weight is 265 g/mol. The molecule has 108 valence electrons. The Kier molecular flexibility index (Phi) is 4.83. The molecule has 2 aliphatic rings. The van der Waals surface area contributed by atoms with E-state index in [9.17, 15) is 5.26 Å². The van der Waals surface area contributed by atoms with Crippen LogP contribution in [-0.2, 0) is 4.74 Å². The van der Waals surface area contributed by atoms with Crippen LogP contribution in [0.4, 0.5) is 0 Å². The molecule has 0 aromatic carbocycles. The van der Waals surface area contributed by atoms with E-state index < -0.39 is 0 Å². The maximum absolute atomic E-state index is 9.44. The van der Waals surface area contributed by atoms with Gasteiger partial charge in [0.05, 0.1) is 12.7 Å². The molecule has 1 saturated heterocycles. The van der Waals surface area contributed by atoms with Gasteiger partial charge in [0, 0.05) is 25.7 Å². The van der Waals surface area contributed by atoms with Crippen molar-refractivity contribution in [2.45, 2.75) is 57.2 Å². The minimum atomic E-state index is -0.375. The maximum atomic E-state index is 9.44. The van der Waals surface area contributed by atoms with Gasteiger partial charge >= 0.3 is 0 Å². The first kappa shape index (κ1) is 14.8. The number of ether oxygens (including phenoxy) is 1. The third kappa shape index (κ3) is 4.17. The lowest BCUT2D eigenvalue weighted by Crippen LogP contribution is -2.47. The van der Waals surface area contributed by atoms with Crippen LogP contribution in [0.25, 0.3) is 0 Å². The number of nitrogens with zero attached hydrogens (tertiary/aromatic N) is 2. The van der Waals surface area contributed by atoms with Gasteiger partial charge in [-0.1, -0.05) is 0 Å². The molecule has 0 aromatic heterocycles. The van der Waals surface area contributed by atoms with Gasteiger partial charge in [-0.2, -0.15) is 5.26 Å². The lowest BCUT2D eigenvalue weighted by Gasteiger charge is -2.32. The first-order valence-corrected chi connectivity index (χ1v) is 7.48. The van der Waals surface area contributed by atoms with E-state index in [2.05, 4.69) is 23.2 Å². The summed E-state index contributed by atoms with van der Waals surface area (Å²) in [6, 6.07) is 3.51. The first-order chi connectivity index (χ1) is 9.06. The van der Waals surface area contributed by atoms with Crippen molar-refractivity contribution in [2.75, 3.05) is 26.8 Å². The van der Waals surface area contributed by atoms with Crippen LogP contribution >= 0.6 is 0 Å². The molecule has 2 rings (SSSR count). The summed E-state index contributed by atoms with van der Waals surface area (Å²) in [5.41, 5.74) is -0.375. The lowest BCUT2D eigenvalue weighted by atomic mass is 9.94. The predicted molar refractivity (Wildman–Crippen MR) is 75.8 cm³/mol. The molecule has 4 nitrogen and oxygen atoms in total. The number of hydrogen-bond donors (Lipinski definition) is 1. The third-order valence-corrected chi connectivity index (χ3v) is 4.39. The van der Waals surface area contributed by atoms with Crippen molar-refractivity contribution in [2.24, 2.45) is 5.92 Å². The Morgan fingerprint density at radius 2 is 2.21 bits per heavy atom. The van der Waals surface area contributed by atoms with Gasteiger partial charge in [0.2, 0.25) is 0 Å². The topological polar surface area (TPSA) is 48.3 Å². The van der Waals surface area contributed by atoms with Crippen molar-refractivity contribution in [3.05, 3.63) is 0 Å². The van der Waals surface area contributed by atoms with E-state index >= 15 is 0 Å². The van der Waals surface area contributed by atoms with Gasteiger partial charge in [0.15, 0.2) is 0 Å². The molecule has 1 heterocycles. The fourth-order valence-electron chi connectivity index (χ4n) is 3.17. The Morgan fingerprint density at radius 1 is 1.47 bits per heavy atom. The molecular formula is C15H27N3O. The largest absolute Gasteiger partial charge is 0.384 e. The van der Waals surface area contributed by atoms with Crippen LogP contribution in [-0.4, -0.2) is 49.3 Å². The van der Waals surface area contributed by atoms with Crippen LogP contribution in [0, 0.1) is 17.2 Å². The molecule has 19 heavy (non-hydrogen) atoms. The van der Waals surface area contributed by atoms with E-state index in [-0.39, 0.29) is 5.54 Å². The quantitative estimate of drug-likeness (QED) is 0.762. The van der Waals surface area contributed by atoms with E-state index in [0.717, 1.165) is 26.1 Å². The van der Waals surface area contributed by atoms with Crippen LogP contribution in [0.2, 0.25) is 0 Å². The van der Waals surface area contributed by atoms with Gasteiger partial charge in [-0.15, -0.1) is 0 Å². The smallest absolute Gasteiger partial charge is 0.105 e. The van der Waals surface area contributed by atoms with E-state index in [1.165, 1.54) is 19.3 Å². The monoisotopic (exact) mass is 265 g/mol. The number of rotatable bonds is 7. The number of methoxy groups -OCH3 is 1. The molecule has 1 saturated carbocycles. The molecule has 0 spiro atoms. The molecule has 0 radical (unpaired) electrons. The summed E-state index contributed by atoms with van der Waals surface area (Å²) in [7, 11) is 1.78. The van der Waals surface area contributed by atoms with Crippen LogP contribution in [0.1, 0.15) is 39.5 Å². The molecule has 1 aliphatic carbocycles. The molecule has 3 unspecified atom stereocenters. The summed E-state index contributed by atoms with van der Waals surface area (Å²) in [4.78, 5) is 2.51. The third-order valence-electron chi connectivity index (χ3n) is 4.39. The molecule has 0 bridgehead atoms. The second-order valence-electron chi connectivity index (χ2n) is 6.52. The van der Waals surface area contributed by atoms with Gasteiger partial charge in [0.1, 0.15) is 5.54 Å². The van der Waals surface area contributed by atoms with Crippen molar-refractivity contribution in [1.82, 2.24) is 10.2 Å². The van der Waals surface area contributed by atoms with Crippen LogP contribution < -0.4 is 5.32 Å².